The van der Waals surface area contributed by atoms with Crippen molar-refractivity contribution in [1.29, 1.82) is 0 Å². The maximum Gasteiger partial charge on any atom is 0.232 e. The van der Waals surface area contributed by atoms with Gasteiger partial charge in [0.25, 0.3) is 0 Å². The number of halogens is 1. The van der Waals surface area contributed by atoms with E-state index in [1.54, 1.807) is 24.3 Å². The Morgan fingerprint density at radius 1 is 1.33 bits per heavy atom. The molecule has 4 rings (SSSR count). The van der Waals surface area contributed by atoms with Crippen LogP contribution < -0.4 is 5.32 Å². The number of nitrogens with zero attached hydrogens (tertiary/aromatic N) is 2. The molecule has 27 heavy (non-hydrogen) atoms. The summed E-state index contributed by atoms with van der Waals surface area (Å²) in [7, 11) is 0. The topological polar surface area (TPSA) is 75.4 Å². The molecular weight excluding hydrogens is 349 g/mol. The highest BCUT2D eigenvalue weighted by atomic mass is 19.1. The SMILES string of the molecule is O=C1CCCN1CCCNC(=O)C1(c2cc(-c3ccccc3F)on2)CC1. The predicted molar refractivity (Wildman–Crippen MR) is 96.2 cm³/mol. The Labute approximate surface area is 156 Å². The van der Waals surface area contributed by atoms with Gasteiger partial charge in [0, 0.05) is 32.1 Å². The molecule has 2 heterocycles. The van der Waals surface area contributed by atoms with Gasteiger partial charge in [-0.1, -0.05) is 17.3 Å². The normalized spacial score (nSPS) is 18.0. The number of nitrogens with one attached hydrogen (secondary N) is 1. The van der Waals surface area contributed by atoms with Gasteiger partial charge in [-0.2, -0.15) is 0 Å². The van der Waals surface area contributed by atoms with Crippen molar-refractivity contribution in [2.45, 2.75) is 37.5 Å². The summed E-state index contributed by atoms with van der Waals surface area (Å²) in [5, 5.41) is 6.99. The van der Waals surface area contributed by atoms with E-state index in [1.165, 1.54) is 6.07 Å². The van der Waals surface area contributed by atoms with Gasteiger partial charge in [-0.3, -0.25) is 9.59 Å². The second-order valence-corrected chi connectivity index (χ2v) is 7.23. The lowest BCUT2D eigenvalue weighted by Gasteiger charge is -2.16. The minimum absolute atomic E-state index is 0.0800. The van der Waals surface area contributed by atoms with Crippen LogP contribution in [-0.2, 0) is 15.0 Å². The molecule has 2 aromatic rings. The van der Waals surface area contributed by atoms with Gasteiger partial charge in [0.05, 0.1) is 16.7 Å². The molecule has 1 aromatic heterocycles. The Morgan fingerprint density at radius 3 is 2.85 bits per heavy atom. The summed E-state index contributed by atoms with van der Waals surface area (Å²) in [6, 6.07) is 7.99. The van der Waals surface area contributed by atoms with E-state index in [2.05, 4.69) is 10.5 Å². The lowest BCUT2D eigenvalue weighted by Crippen LogP contribution is -2.37. The molecule has 0 atom stereocenters. The molecule has 1 aliphatic carbocycles. The third-order valence-corrected chi connectivity index (χ3v) is 5.39. The Bertz CT molecular complexity index is 860. The minimum Gasteiger partial charge on any atom is -0.356 e. The fourth-order valence-corrected chi connectivity index (χ4v) is 3.59. The van der Waals surface area contributed by atoms with Crippen LogP contribution in [0.5, 0.6) is 0 Å². The van der Waals surface area contributed by atoms with Gasteiger partial charge in [0.1, 0.15) is 5.82 Å². The van der Waals surface area contributed by atoms with Crippen LogP contribution in [0.25, 0.3) is 11.3 Å². The van der Waals surface area contributed by atoms with Crippen molar-refractivity contribution in [3.8, 4) is 11.3 Å². The van der Waals surface area contributed by atoms with Gasteiger partial charge >= 0.3 is 0 Å². The largest absolute Gasteiger partial charge is 0.356 e. The summed E-state index contributed by atoms with van der Waals surface area (Å²) in [5.74, 6) is 0.0626. The second kappa shape index (κ2) is 7.13. The first-order valence-corrected chi connectivity index (χ1v) is 9.38. The average molecular weight is 371 g/mol. The molecule has 1 saturated carbocycles. The molecule has 2 amide bonds. The van der Waals surface area contributed by atoms with Crippen molar-refractivity contribution < 1.29 is 18.5 Å². The second-order valence-electron chi connectivity index (χ2n) is 7.23. The first-order chi connectivity index (χ1) is 13.1. The molecule has 1 aromatic carbocycles. The maximum absolute atomic E-state index is 13.9. The Kier molecular flexibility index (Phi) is 4.68. The van der Waals surface area contributed by atoms with Crippen molar-refractivity contribution in [3.05, 3.63) is 41.8 Å². The third kappa shape index (κ3) is 3.46. The number of likely N-dealkylation sites (tertiary alicyclic amines) is 1. The van der Waals surface area contributed by atoms with E-state index in [1.807, 2.05) is 4.90 Å². The molecule has 1 aliphatic heterocycles. The number of hydrogen-bond acceptors (Lipinski definition) is 4. The summed E-state index contributed by atoms with van der Waals surface area (Å²) in [6.07, 6.45) is 3.68. The summed E-state index contributed by atoms with van der Waals surface area (Å²) < 4.78 is 19.2. The van der Waals surface area contributed by atoms with Crippen LogP contribution in [-0.4, -0.2) is 41.5 Å². The van der Waals surface area contributed by atoms with Crippen molar-refractivity contribution >= 4 is 11.8 Å². The van der Waals surface area contributed by atoms with E-state index < -0.39 is 5.41 Å². The van der Waals surface area contributed by atoms with Crippen LogP contribution in [0.2, 0.25) is 0 Å². The maximum atomic E-state index is 13.9. The van der Waals surface area contributed by atoms with Crippen LogP contribution in [0, 0.1) is 5.82 Å². The number of aromatic nitrogens is 1. The fourth-order valence-electron chi connectivity index (χ4n) is 3.59. The molecule has 1 N–H and O–H groups in total. The van der Waals surface area contributed by atoms with E-state index >= 15 is 0 Å². The third-order valence-electron chi connectivity index (χ3n) is 5.39. The first kappa shape index (κ1) is 17.7. The lowest BCUT2D eigenvalue weighted by atomic mass is 10.00. The van der Waals surface area contributed by atoms with E-state index in [-0.39, 0.29) is 17.6 Å². The van der Waals surface area contributed by atoms with Crippen LogP contribution in [0.15, 0.2) is 34.9 Å². The number of amides is 2. The highest BCUT2D eigenvalue weighted by Crippen LogP contribution is 2.48. The van der Waals surface area contributed by atoms with Crippen molar-refractivity contribution in [3.63, 3.8) is 0 Å². The van der Waals surface area contributed by atoms with Crippen LogP contribution in [0.3, 0.4) is 0 Å². The molecule has 2 aliphatic rings. The smallest absolute Gasteiger partial charge is 0.232 e. The molecule has 0 bridgehead atoms. The molecule has 0 unspecified atom stereocenters. The van der Waals surface area contributed by atoms with E-state index in [4.69, 9.17) is 4.52 Å². The van der Waals surface area contributed by atoms with Gasteiger partial charge in [0.2, 0.25) is 11.8 Å². The number of carbonyl (C=O) groups is 2. The van der Waals surface area contributed by atoms with Gasteiger partial charge in [0.15, 0.2) is 5.76 Å². The summed E-state index contributed by atoms with van der Waals surface area (Å²) in [4.78, 5) is 26.1. The Balaban J connectivity index is 1.35. The number of carbonyl (C=O) groups excluding carboxylic acids is 2. The van der Waals surface area contributed by atoms with E-state index in [9.17, 15) is 14.0 Å². The molecule has 142 valence electrons. The highest BCUT2D eigenvalue weighted by Gasteiger charge is 2.53. The quantitative estimate of drug-likeness (QED) is 0.759. The zero-order valence-corrected chi connectivity index (χ0v) is 15.0. The summed E-state index contributed by atoms with van der Waals surface area (Å²) in [6.45, 7) is 2.00. The molecule has 7 heteroatoms. The van der Waals surface area contributed by atoms with E-state index in [0.717, 1.165) is 19.4 Å². The molecule has 0 spiro atoms. The number of rotatable bonds is 7. The minimum atomic E-state index is -0.670. The monoisotopic (exact) mass is 371 g/mol. The van der Waals surface area contributed by atoms with Gasteiger partial charge in [-0.25, -0.2) is 4.39 Å². The molecule has 0 radical (unpaired) electrons. The lowest BCUT2D eigenvalue weighted by molar-refractivity contribution is -0.127. The zero-order valence-electron chi connectivity index (χ0n) is 15.0. The zero-order chi connectivity index (χ0) is 18.9. The molecule has 1 saturated heterocycles. The van der Waals surface area contributed by atoms with Gasteiger partial charge < -0.3 is 14.7 Å². The van der Waals surface area contributed by atoms with Crippen LogP contribution >= 0.6 is 0 Å². The molecule has 6 nitrogen and oxygen atoms in total. The fraction of sp³-hybridized carbons (Fsp3) is 0.450. The summed E-state index contributed by atoms with van der Waals surface area (Å²) >= 11 is 0. The Hall–Kier alpha value is -2.70. The summed E-state index contributed by atoms with van der Waals surface area (Å²) in [5.41, 5.74) is 0.215. The number of benzene rings is 1. The average Bonchev–Trinajstić information content (AvgIpc) is 3.15. The standard InChI is InChI=1S/C20H22FN3O3/c21-15-6-2-1-5-14(15)16-13-17(23-27-16)20(8-9-20)19(26)22-10-4-12-24-11-3-7-18(24)25/h1-2,5-6,13H,3-4,7-12H2,(H,22,26). The van der Waals surface area contributed by atoms with Gasteiger partial charge in [-0.15, -0.1) is 0 Å². The van der Waals surface area contributed by atoms with Crippen molar-refractivity contribution in [1.82, 2.24) is 15.4 Å². The van der Waals surface area contributed by atoms with E-state index in [0.29, 0.717) is 49.4 Å². The van der Waals surface area contributed by atoms with Gasteiger partial charge in [-0.05, 0) is 37.8 Å². The van der Waals surface area contributed by atoms with Crippen LogP contribution in [0.1, 0.15) is 37.8 Å². The molecule has 2 fully saturated rings. The molecular formula is C20H22FN3O3. The predicted octanol–water partition coefficient (Wildman–Crippen LogP) is 2.64. The van der Waals surface area contributed by atoms with Crippen molar-refractivity contribution in [2.24, 2.45) is 0 Å². The number of hydrogen-bond donors (Lipinski definition) is 1. The Morgan fingerprint density at radius 2 is 2.15 bits per heavy atom. The highest BCUT2D eigenvalue weighted by molar-refractivity contribution is 5.91. The van der Waals surface area contributed by atoms with Crippen LogP contribution in [0.4, 0.5) is 4.39 Å². The first-order valence-electron chi connectivity index (χ1n) is 9.38. The van der Waals surface area contributed by atoms with Crippen molar-refractivity contribution in [2.75, 3.05) is 19.6 Å².